The number of aliphatic hydroxyl groups excluding tert-OH is 1. The molecule has 2 aromatic rings. The Hall–Kier alpha value is -1.66. The Morgan fingerprint density at radius 3 is 2.70 bits per heavy atom. The summed E-state index contributed by atoms with van der Waals surface area (Å²) in [6, 6.07) is 0. The molecule has 6 nitrogen and oxygen atoms in total. The van der Waals surface area contributed by atoms with Crippen molar-refractivity contribution < 1.29 is 5.11 Å². The number of aromatic nitrogens is 4. The summed E-state index contributed by atoms with van der Waals surface area (Å²) in [6.45, 7) is 1.27. The summed E-state index contributed by atoms with van der Waals surface area (Å²) in [7, 11) is 3.84. The first kappa shape index (κ1) is 16.2. The fraction of sp³-hybridized carbons (Fsp3) is 0.647. The molecule has 2 aromatic heterocycles. The topological polar surface area (TPSA) is 67.9 Å². The zero-order valence-electron chi connectivity index (χ0n) is 14.1. The van der Waals surface area contributed by atoms with Gasteiger partial charge in [-0.05, 0) is 12.8 Å². The molecule has 1 aliphatic rings. The second kappa shape index (κ2) is 7.27. The van der Waals surface area contributed by atoms with Crippen LogP contribution in [0.4, 0.5) is 0 Å². The third-order valence-electron chi connectivity index (χ3n) is 4.69. The van der Waals surface area contributed by atoms with Crippen molar-refractivity contribution in [2.24, 2.45) is 14.1 Å². The van der Waals surface area contributed by atoms with Gasteiger partial charge >= 0.3 is 0 Å². The molecule has 0 amide bonds. The van der Waals surface area contributed by atoms with E-state index in [4.69, 9.17) is 5.10 Å². The molecule has 3 rings (SSSR count). The molecule has 0 bridgehead atoms. The van der Waals surface area contributed by atoms with Gasteiger partial charge in [0.15, 0.2) is 0 Å². The zero-order valence-corrected chi connectivity index (χ0v) is 14.1. The van der Waals surface area contributed by atoms with E-state index in [1.165, 1.54) is 43.4 Å². The molecule has 0 unspecified atom stereocenters. The Kier molecular flexibility index (Phi) is 5.13. The average Bonchev–Trinajstić information content (AvgIpc) is 3.14. The first-order chi connectivity index (χ1) is 11.1. The Balaban J connectivity index is 1.57. The fourth-order valence-corrected chi connectivity index (χ4v) is 3.48. The van der Waals surface area contributed by atoms with E-state index in [1.54, 1.807) is 10.9 Å². The Bertz CT molecular complexity index is 627. The Morgan fingerprint density at radius 2 is 2.00 bits per heavy atom. The molecule has 0 aliphatic heterocycles. The van der Waals surface area contributed by atoms with E-state index < -0.39 is 6.10 Å². The molecule has 2 N–H and O–H groups in total. The van der Waals surface area contributed by atoms with Crippen LogP contribution in [0.5, 0.6) is 0 Å². The van der Waals surface area contributed by atoms with E-state index >= 15 is 0 Å². The summed E-state index contributed by atoms with van der Waals surface area (Å²) in [5.41, 5.74) is 3.35. The predicted molar refractivity (Wildman–Crippen MR) is 88.9 cm³/mol. The van der Waals surface area contributed by atoms with Crippen molar-refractivity contribution in [1.82, 2.24) is 24.9 Å². The largest absolute Gasteiger partial charge is 0.387 e. The summed E-state index contributed by atoms with van der Waals surface area (Å²) < 4.78 is 3.62. The maximum Gasteiger partial charge on any atom is 0.0944 e. The Morgan fingerprint density at radius 1 is 1.22 bits per heavy atom. The lowest BCUT2D eigenvalue weighted by molar-refractivity contribution is 0.174. The van der Waals surface area contributed by atoms with Crippen LogP contribution in [0.3, 0.4) is 0 Å². The van der Waals surface area contributed by atoms with E-state index in [0.29, 0.717) is 12.5 Å². The minimum Gasteiger partial charge on any atom is -0.387 e. The first-order valence-corrected chi connectivity index (χ1v) is 8.53. The van der Waals surface area contributed by atoms with Gasteiger partial charge in [0.25, 0.3) is 0 Å². The monoisotopic (exact) mass is 317 g/mol. The molecule has 0 saturated heterocycles. The number of nitrogens with one attached hydrogen (secondary N) is 1. The van der Waals surface area contributed by atoms with E-state index in [0.717, 1.165) is 12.1 Å². The molecule has 1 fully saturated rings. The van der Waals surface area contributed by atoms with E-state index in [9.17, 15) is 5.11 Å². The highest BCUT2D eigenvalue weighted by molar-refractivity contribution is 5.21. The standard InChI is InChI=1S/C17H27N5O/c1-21-11-14(9-19-21)16(23)10-18-8-15-12-22(2)20-17(15)13-6-4-3-5-7-13/h9,11-13,16,18,23H,3-8,10H2,1-2H3/t16-/m0/s1. The first-order valence-electron chi connectivity index (χ1n) is 8.53. The minimum absolute atomic E-state index is 0.519. The smallest absolute Gasteiger partial charge is 0.0944 e. The molecule has 1 aliphatic carbocycles. The lowest BCUT2D eigenvalue weighted by atomic mass is 9.85. The van der Waals surface area contributed by atoms with Crippen LogP contribution in [0.2, 0.25) is 0 Å². The molecule has 0 spiro atoms. The number of rotatable bonds is 6. The summed E-state index contributed by atoms with van der Waals surface area (Å²) in [4.78, 5) is 0. The van der Waals surface area contributed by atoms with Crippen LogP contribution in [-0.4, -0.2) is 31.2 Å². The SMILES string of the molecule is Cn1cc([C@@H](O)CNCc2cn(C)nc2C2CCCCC2)cn1. The normalized spacial score (nSPS) is 17.5. The molecular formula is C17H27N5O. The predicted octanol–water partition coefficient (Wildman–Crippen LogP) is 2.02. The summed E-state index contributed by atoms with van der Waals surface area (Å²) in [6.07, 6.45) is 11.6. The minimum atomic E-state index is -0.529. The second-order valence-electron chi connectivity index (χ2n) is 6.64. The third kappa shape index (κ3) is 4.00. The van der Waals surface area contributed by atoms with Crippen LogP contribution in [-0.2, 0) is 20.6 Å². The van der Waals surface area contributed by atoms with Crippen molar-refractivity contribution >= 4 is 0 Å². The zero-order chi connectivity index (χ0) is 16.2. The van der Waals surface area contributed by atoms with Crippen LogP contribution in [0.15, 0.2) is 18.6 Å². The van der Waals surface area contributed by atoms with Gasteiger partial charge in [0.1, 0.15) is 0 Å². The highest BCUT2D eigenvalue weighted by atomic mass is 16.3. The van der Waals surface area contributed by atoms with Gasteiger partial charge in [-0.2, -0.15) is 10.2 Å². The van der Waals surface area contributed by atoms with Crippen LogP contribution >= 0.6 is 0 Å². The number of nitrogens with zero attached hydrogens (tertiary/aromatic N) is 4. The van der Waals surface area contributed by atoms with Gasteiger partial charge in [-0.15, -0.1) is 0 Å². The average molecular weight is 317 g/mol. The summed E-state index contributed by atoms with van der Waals surface area (Å²) in [5, 5.41) is 22.4. The molecular weight excluding hydrogens is 290 g/mol. The maximum atomic E-state index is 10.2. The highest BCUT2D eigenvalue weighted by Gasteiger charge is 2.21. The molecule has 1 saturated carbocycles. The second-order valence-corrected chi connectivity index (χ2v) is 6.64. The molecule has 0 aromatic carbocycles. The van der Waals surface area contributed by atoms with Crippen molar-refractivity contribution in [2.45, 2.75) is 50.7 Å². The molecule has 2 heterocycles. The van der Waals surface area contributed by atoms with Crippen molar-refractivity contribution in [3.63, 3.8) is 0 Å². The van der Waals surface area contributed by atoms with Crippen LogP contribution in [0.1, 0.15) is 60.9 Å². The molecule has 126 valence electrons. The lowest BCUT2D eigenvalue weighted by Gasteiger charge is -2.21. The molecule has 23 heavy (non-hydrogen) atoms. The van der Waals surface area contributed by atoms with E-state index in [2.05, 4.69) is 16.6 Å². The number of aliphatic hydroxyl groups is 1. The molecule has 1 atom stereocenters. The van der Waals surface area contributed by atoms with Crippen molar-refractivity contribution in [3.8, 4) is 0 Å². The van der Waals surface area contributed by atoms with Crippen molar-refractivity contribution in [2.75, 3.05) is 6.54 Å². The maximum absolute atomic E-state index is 10.2. The molecule has 6 heteroatoms. The fourth-order valence-electron chi connectivity index (χ4n) is 3.48. The number of hydrogen-bond acceptors (Lipinski definition) is 4. The van der Waals surface area contributed by atoms with Gasteiger partial charge in [0.05, 0.1) is 18.0 Å². The third-order valence-corrected chi connectivity index (χ3v) is 4.69. The van der Waals surface area contributed by atoms with E-state index in [1.807, 2.05) is 25.0 Å². The van der Waals surface area contributed by atoms with Crippen molar-refractivity contribution in [1.29, 1.82) is 0 Å². The summed E-state index contributed by atoms with van der Waals surface area (Å²) >= 11 is 0. The van der Waals surface area contributed by atoms with Crippen LogP contribution < -0.4 is 5.32 Å². The van der Waals surface area contributed by atoms with Gasteiger partial charge < -0.3 is 10.4 Å². The summed E-state index contributed by atoms with van der Waals surface area (Å²) in [5.74, 6) is 0.602. The quantitative estimate of drug-likeness (QED) is 0.855. The van der Waals surface area contributed by atoms with Gasteiger partial charge in [-0.1, -0.05) is 19.3 Å². The Labute approximate surface area is 137 Å². The van der Waals surface area contributed by atoms with Gasteiger partial charge in [-0.3, -0.25) is 9.36 Å². The molecule has 0 radical (unpaired) electrons. The number of hydrogen-bond donors (Lipinski definition) is 2. The van der Waals surface area contributed by atoms with Gasteiger partial charge in [0.2, 0.25) is 0 Å². The van der Waals surface area contributed by atoms with Crippen molar-refractivity contribution in [3.05, 3.63) is 35.4 Å². The van der Waals surface area contributed by atoms with E-state index in [-0.39, 0.29) is 0 Å². The number of aryl methyl sites for hydroxylation is 2. The van der Waals surface area contributed by atoms with Gasteiger partial charge in [0, 0.05) is 56.6 Å². The van der Waals surface area contributed by atoms with Crippen LogP contribution in [0, 0.1) is 0 Å². The lowest BCUT2D eigenvalue weighted by Crippen LogP contribution is -2.21. The van der Waals surface area contributed by atoms with Crippen LogP contribution in [0.25, 0.3) is 0 Å². The van der Waals surface area contributed by atoms with Gasteiger partial charge in [-0.25, -0.2) is 0 Å². The highest BCUT2D eigenvalue weighted by Crippen LogP contribution is 2.33.